The summed E-state index contributed by atoms with van der Waals surface area (Å²) in [7, 11) is 0. The summed E-state index contributed by atoms with van der Waals surface area (Å²) in [6.07, 6.45) is 0. The van der Waals surface area contributed by atoms with Crippen molar-refractivity contribution in [3.63, 3.8) is 0 Å². The van der Waals surface area contributed by atoms with Crippen LogP contribution in [0.5, 0.6) is 0 Å². The van der Waals surface area contributed by atoms with E-state index in [1.54, 1.807) is 0 Å². The first-order valence-electron chi connectivity index (χ1n) is 7.76. The zero-order chi connectivity index (χ0) is 20.4. The predicted octanol–water partition coefficient (Wildman–Crippen LogP) is 1.11. The lowest BCUT2D eigenvalue weighted by molar-refractivity contribution is -0.384. The smallest absolute Gasteiger partial charge is 0.300 e. The number of nitrogens with one attached hydrogen (secondary N) is 2. The van der Waals surface area contributed by atoms with E-state index < -0.39 is 34.8 Å². The minimum Gasteiger partial charge on any atom is -0.481 e. The first-order valence-corrected chi connectivity index (χ1v) is 7.76. The van der Waals surface area contributed by atoms with Crippen molar-refractivity contribution >= 4 is 29.2 Å². The second-order valence-corrected chi connectivity index (χ2v) is 5.81. The second-order valence-electron chi connectivity index (χ2n) is 5.81. The molecule has 1 aromatic rings. The summed E-state index contributed by atoms with van der Waals surface area (Å²) in [5, 5.41) is 23.0. The molecule has 144 valence electrons. The van der Waals surface area contributed by atoms with E-state index in [1.165, 1.54) is 31.2 Å². The Morgan fingerprint density at radius 2 is 1.58 bits per heavy atom. The van der Waals surface area contributed by atoms with Crippen molar-refractivity contribution in [3.8, 4) is 0 Å². The molecule has 2 atom stereocenters. The SMILES string of the molecule is CC(=O)O.CC(NC(=O)C(N)C(C)C)C(=O)Nc1ccc([N+](=O)[O-])cc1. The summed E-state index contributed by atoms with van der Waals surface area (Å²) in [6.45, 7) is 6.24. The largest absolute Gasteiger partial charge is 0.481 e. The van der Waals surface area contributed by atoms with Gasteiger partial charge in [0.15, 0.2) is 0 Å². The van der Waals surface area contributed by atoms with Crippen LogP contribution in [-0.2, 0) is 14.4 Å². The molecule has 0 fully saturated rings. The number of carboxylic acid groups (broad SMARTS) is 1. The van der Waals surface area contributed by atoms with Gasteiger partial charge in [-0.1, -0.05) is 13.8 Å². The van der Waals surface area contributed by atoms with Crippen LogP contribution in [0.2, 0.25) is 0 Å². The van der Waals surface area contributed by atoms with Crippen LogP contribution in [0, 0.1) is 16.0 Å². The Bertz CT molecular complexity index is 641. The van der Waals surface area contributed by atoms with Gasteiger partial charge < -0.3 is 21.5 Å². The van der Waals surface area contributed by atoms with Gasteiger partial charge in [0.1, 0.15) is 6.04 Å². The fraction of sp³-hybridized carbons (Fsp3) is 0.438. The molecule has 0 saturated carbocycles. The summed E-state index contributed by atoms with van der Waals surface area (Å²) in [5.74, 6) is -1.70. The molecule has 0 saturated heterocycles. The molecule has 0 radical (unpaired) electrons. The zero-order valence-electron chi connectivity index (χ0n) is 15.1. The lowest BCUT2D eigenvalue weighted by Gasteiger charge is -2.19. The lowest BCUT2D eigenvalue weighted by atomic mass is 10.0. The summed E-state index contributed by atoms with van der Waals surface area (Å²) in [6, 6.07) is 3.96. The molecule has 2 unspecified atom stereocenters. The maximum absolute atomic E-state index is 12.0. The fourth-order valence-electron chi connectivity index (χ4n) is 1.59. The molecular formula is C16H24N4O6. The van der Waals surface area contributed by atoms with Gasteiger partial charge in [-0.3, -0.25) is 24.5 Å². The molecule has 10 nitrogen and oxygen atoms in total. The average molecular weight is 368 g/mol. The van der Waals surface area contributed by atoms with Gasteiger partial charge in [-0.15, -0.1) is 0 Å². The third-order valence-corrected chi connectivity index (χ3v) is 3.12. The highest BCUT2D eigenvalue weighted by molar-refractivity contribution is 5.97. The number of nitro groups is 1. The van der Waals surface area contributed by atoms with Crippen molar-refractivity contribution in [2.24, 2.45) is 11.7 Å². The Morgan fingerprint density at radius 1 is 1.12 bits per heavy atom. The van der Waals surface area contributed by atoms with Crippen LogP contribution in [0.15, 0.2) is 24.3 Å². The number of non-ortho nitro benzene ring substituents is 1. The molecule has 0 aliphatic rings. The van der Waals surface area contributed by atoms with Gasteiger partial charge in [-0.2, -0.15) is 0 Å². The topological polar surface area (TPSA) is 165 Å². The molecule has 10 heteroatoms. The van der Waals surface area contributed by atoms with Crippen LogP contribution in [-0.4, -0.2) is 39.9 Å². The third-order valence-electron chi connectivity index (χ3n) is 3.12. The molecule has 26 heavy (non-hydrogen) atoms. The van der Waals surface area contributed by atoms with E-state index in [0.717, 1.165) is 6.92 Å². The van der Waals surface area contributed by atoms with E-state index in [4.69, 9.17) is 15.6 Å². The molecule has 0 aromatic heterocycles. The molecule has 0 spiro atoms. The van der Waals surface area contributed by atoms with E-state index in [-0.39, 0.29) is 11.6 Å². The van der Waals surface area contributed by atoms with Crippen LogP contribution in [0.1, 0.15) is 27.7 Å². The van der Waals surface area contributed by atoms with Crippen LogP contribution in [0.3, 0.4) is 0 Å². The molecule has 2 amide bonds. The number of carbonyl (C=O) groups excluding carboxylic acids is 2. The van der Waals surface area contributed by atoms with Gasteiger partial charge in [0, 0.05) is 24.7 Å². The average Bonchev–Trinajstić information content (AvgIpc) is 2.53. The van der Waals surface area contributed by atoms with E-state index in [9.17, 15) is 19.7 Å². The number of nitrogens with two attached hydrogens (primary N) is 1. The van der Waals surface area contributed by atoms with Crippen LogP contribution in [0.25, 0.3) is 0 Å². The highest BCUT2D eigenvalue weighted by Crippen LogP contribution is 2.15. The molecule has 5 N–H and O–H groups in total. The number of aliphatic carboxylic acids is 1. The number of hydrogen-bond donors (Lipinski definition) is 4. The number of anilines is 1. The normalized spacial score (nSPS) is 12.2. The van der Waals surface area contributed by atoms with Crippen molar-refractivity contribution in [2.45, 2.75) is 39.8 Å². The van der Waals surface area contributed by atoms with Gasteiger partial charge in [0.2, 0.25) is 11.8 Å². The van der Waals surface area contributed by atoms with Gasteiger partial charge in [-0.05, 0) is 25.0 Å². The minimum absolute atomic E-state index is 0.0371. The van der Waals surface area contributed by atoms with Crippen molar-refractivity contribution in [1.29, 1.82) is 0 Å². The highest BCUT2D eigenvalue weighted by Gasteiger charge is 2.22. The first-order chi connectivity index (χ1) is 12.0. The Balaban J connectivity index is 0.00000141. The predicted molar refractivity (Wildman–Crippen MR) is 95.5 cm³/mol. The van der Waals surface area contributed by atoms with Crippen LogP contribution in [0.4, 0.5) is 11.4 Å². The van der Waals surface area contributed by atoms with Crippen LogP contribution >= 0.6 is 0 Å². The molecule has 0 aliphatic heterocycles. The maximum Gasteiger partial charge on any atom is 0.300 e. The molecule has 1 rings (SSSR count). The van der Waals surface area contributed by atoms with Gasteiger partial charge in [0.25, 0.3) is 11.7 Å². The Hall–Kier alpha value is -3.01. The van der Waals surface area contributed by atoms with Crippen molar-refractivity contribution in [3.05, 3.63) is 34.4 Å². The summed E-state index contributed by atoms with van der Waals surface area (Å²) < 4.78 is 0. The van der Waals surface area contributed by atoms with E-state index in [2.05, 4.69) is 10.6 Å². The van der Waals surface area contributed by atoms with Crippen LogP contribution < -0.4 is 16.4 Å². The van der Waals surface area contributed by atoms with E-state index in [0.29, 0.717) is 5.69 Å². The van der Waals surface area contributed by atoms with Gasteiger partial charge >= 0.3 is 0 Å². The Morgan fingerprint density at radius 3 is 1.96 bits per heavy atom. The first kappa shape index (κ1) is 23.0. The molecule has 1 aromatic carbocycles. The molecule has 0 aliphatic carbocycles. The Kier molecular flexibility index (Phi) is 9.52. The number of carbonyl (C=O) groups is 3. The zero-order valence-corrected chi connectivity index (χ0v) is 15.1. The number of nitrogens with zero attached hydrogens (tertiary/aromatic N) is 1. The molecule has 0 bridgehead atoms. The quantitative estimate of drug-likeness (QED) is 0.431. The summed E-state index contributed by atoms with van der Waals surface area (Å²) in [4.78, 5) is 42.8. The number of hydrogen-bond acceptors (Lipinski definition) is 6. The second kappa shape index (κ2) is 10.8. The number of benzene rings is 1. The molecule has 0 heterocycles. The lowest BCUT2D eigenvalue weighted by Crippen LogP contribution is -2.50. The standard InChI is InChI=1S/C14H20N4O4.C2H4O2/c1-8(2)12(15)14(20)16-9(3)13(19)17-10-4-6-11(7-5-10)18(21)22;1-2(3)4/h4-9,12H,15H2,1-3H3,(H,16,20)(H,17,19);1H3,(H,3,4). The van der Waals surface area contributed by atoms with Crippen molar-refractivity contribution < 1.29 is 24.4 Å². The van der Waals surface area contributed by atoms with E-state index in [1.807, 2.05) is 13.8 Å². The van der Waals surface area contributed by atoms with E-state index >= 15 is 0 Å². The third kappa shape index (κ3) is 8.73. The Labute approximate surface area is 150 Å². The monoisotopic (exact) mass is 368 g/mol. The summed E-state index contributed by atoms with van der Waals surface area (Å²) >= 11 is 0. The van der Waals surface area contributed by atoms with Crippen molar-refractivity contribution in [2.75, 3.05) is 5.32 Å². The summed E-state index contributed by atoms with van der Waals surface area (Å²) in [5.41, 5.74) is 6.04. The fourth-order valence-corrected chi connectivity index (χ4v) is 1.59. The maximum atomic E-state index is 12.0. The van der Waals surface area contributed by atoms with Crippen molar-refractivity contribution in [1.82, 2.24) is 5.32 Å². The number of carboxylic acids is 1. The van der Waals surface area contributed by atoms with Gasteiger partial charge in [-0.25, -0.2) is 0 Å². The molecular weight excluding hydrogens is 344 g/mol. The number of amides is 2. The van der Waals surface area contributed by atoms with Gasteiger partial charge in [0.05, 0.1) is 11.0 Å². The number of rotatable bonds is 6. The highest BCUT2D eigenvalue weighted by atomic mass is 16.6. The minimum atomic E-state index is -0.833. The number of nitro benzene ring substituents is 1.